The van der Waals surface area contributed by atoms with Crippen molar-refractivity contribution in [2.45, 2.75) is 72.1 Å². The lowest BCUT2D eigenvalue weighted by Crippen LogP contribution is -2.49. The van der Waals surface area contributed by atoms with Gasteiger partial charge in [0.25, 0.3) is 0 Å². The van der Waals surface area contributed by atoms with E-state index in [0.29, 0.717) is 12.3 Å². The van der Waals surface area contributed by atoms with Gasteiger partial charge in [0.15, 0.2) is 0 Å². The van der Waals surface area contributed by atoms with E-state index in [4.69, 9.17) is 9.97 Å². The Morgan fingerprint density at radius 3 is 2.41 bits per heavy atom. The molecule has 6 heteroatoms. The van der Waals surface area contributed by atoms with E-state index in [-0.39, 0.29) is 0 Å². The van der Waals surface area contributed by atoms with Crippen LogP contribution in [0.2, 0.25) is 0 Å². The fourth-order valence-electron chi connectivity index (χ4n) is 4.72. The Morgan fingerprint density at radius 1 is 0.941 bits per heavy atom. The molecule has 0 radical (unpaired) electrons. The van der Waals surface area contributed by atoms with Crippen LogP contribution in [0.15, 0.2) is 30.3 Å². The van der Waals surface area contributed by atoms with E-state index in [2.05, 4.69) is 60.9 Å². The van der Waals surface area contributed by atoms with E-state index in [1.807, 2.05) is 0 Å². The quantitative estimate of drug-likeness (QED) is 0.330. The second-order valence-electron chi connectivity index (χ2n) is 9.44. The first kappa shape index (κ1) is 24.6. The number of benzene rings is 1. The molecule has 2 aromatic heterocycles. The first-order valence-corrected chi connectivity index (χ1v) is 13.7. The number of unbranched alkanes of at least 4 members (excludes halogenated alkanes) is 4. The molecule has 1 amide bonds. The number of hydrogen-bond donors (Lipinski definition) is 0. The molecule has 0 saturated carbocycles. The van der Waals surface area contributed by atoms with Crippen LogP contribution in [0.5, 0.6) is 0 Å². The molecule has 1 saturated heterocycles. The highest BCUT2D eigenvalue weighted by Gasteiger charge is 2.25. The topological polar surface area (TPSA) is 49.3 Å². The van der Waals surface area contributed by atoms with E-state index in [0.717, 1.165) is 61.9 Å². The molecule has 34 heavy (non-hydrogen) atoms. The molecule has 0 N–H and O–H groups in total. The SMILES string of the molecule is CCCCCCCC(=O)N1CCN(c2nc(CCc3ccccc3)nc3sc(C)c(C)c23)CC1. The van der Waals surface area contributed by atoms with Gasteiger partial charge in [-0.05, 0) is 37.8 Å². The Labute approximate surface area is 208 Å². The molecule has 5 nitrogen and oxygen atoms in total. The summed E-state index contributed by atoms with van der Waals surface area (Å²) < 4.78 is 0. The number of thiophene rings is 1. The van der Waals surface area contributed by atoms with Gasteiger partial charge in [-0.1, -0.05) is 62.9 Å². The van der Waals surface area contributed by atoms with Crippen molar-refractivity contribution in [3.63, 3.8) is 0 Å². The van der Waals surface area contributed by atoms with Crippen molar-refractivity contribution in [3.05, 3.63) is 52.2 Å². The summed E-state index contributed by atoms with van der Waals surface area (Å²) in [5.41, 5.74) is 2.60. The molecule has 0 atom stereocenters. The zero-order valence-electron chi connectivity index (χ0n) is 21.0. The third-order valence-electron chi connectivity index (χ3n) is 6.96. The first-order chi connectivity index (χ1) is 16.6. The maximum Gasteiger partial charge on any atom is 0.222 e. The largest absolute Gasteiger partial charge is 0.352 e. The number of aromatic nitrogens is 2. The van der Waals surface area contributed by atoms with Crippen LogP contribution < -0.4 is 4.90 Å². The van der Waals surface area contributed by atoms with Crippen molar-refractivity contribution < 1.29 is 4.79 Å². The van der Waals surface area contributed by atoms with Crippen LogP contribution in [0.4, 0.5) is 5.82 Å². The summed E-state index contributed by atoms with van der Waals surface area (Å²) in [5.74, 6) is 2.29. The summed E-state index contributed by atoms with van der Waals surface area (Å²) in [7, 11) is 0. The second-order valence-corrected chi connectivity index (χ2v) is 10.6. The minimum Gasteiger partial charge on any atom is -0.352 e. The average Bonchev–Trinajstić information content (AvgIpc) is 3.16. The van der Waals surface area contributed by atoms with Crippen molar-refractivity contribution in [2.24, 2.45) is 0 Å². The number of hydrogen-bond acceptors (Lipinski definition) is 5. The molecular weight excluding hydrogens is 440 g/mol. The van der Waals surface area contributed by atoms with Gasteiger partial charge >= 0.3 is 0 Å². The van der Waals surface area contributed by atoms with Gasteiger partial charge in [-0.15, -0.1) is 11.3 Å². The molecule has 1 aliphatic rings. The standard InChI is InChI=1S/C28H38N4OS/c1-4-5-6-7-11-14-25(33)31-17-19-32(20-18-31)27-26-21(2)22(3)34-28(26)30-24(29-27)16-15-23-12-9-8-10-13-23/h8-10,12-13H,4-7,11,14-20H2,1-3H3. The number of rotatable bonds is 10. The zero-order valence-corrected chi connectivity index (χ0v) is 21.8. The number of anilines is 1. The number of aryl methyl sites for hydroxylation is 4. The van der Waals surface area contributed by atoms with Crippen LogP contribution in [0.1, 0.15) is 67.3 Å². The maximum absolute atomic E-state index is 12.7. The Morgan fingerprint density at radius 2 is 1.68 bits per heavy atom. The lowest BCUT2D eigenvalue weighted by molar-refractivity contribution is -0.131. The minimum atomic E-state index is 0.315. The molecule has 0 bridgehead atoms. The fraction of sp³-hybridized carbons (Fsp3) is 0.536. The van der Waals surface area contributed by atoms with Gasteiger partial charge in [0.1, 0.15) is 16.5 Å². The summed E-state index contributed by atoms with van der Waals surface area (Å²) in [5, 5.41) is 1.20. The number of amides is 1. The summed E-state index contributed by atoms with van der Waals surface area (Å²) >= 11 is 1.77. The fourth-order valence-corrected chi connectivity index (χ4v) is 5.76. The van der Waals surface area contributed by atoms with Crippen molar-refractivity contribution in [1.29, 1.82) is 0 Å². The summed E-state index contributed by atoms with van der Waals surface area (Å²) in [6.07, 6.45) is 8.40. The summed E-state index contributed by atoms with van der Waals surface area (Å²) in [6, 6.07) is 10.6. The smallest absolute Gasteiger partial charge is 0.222 e. The van der Waals surface area contributed by atoms with Crippen LogP contribution in [-0.2, 0) is 17.6 Å². The molecule has 1 aromatic carbocycles. The van der Waals surface area contributed by atoms with Gasteiger partial charge in [0.05, 0.1) is 5.39 Å². The number of carbonyl (C=O) groups is 1. The average molecular weight is 479 g/mol. The number of carbonyl (C=O) groups excluding carboxylic acids is 1. The summed E-state index contributed by atoms with van der Waals surface area (Å²) in [6.45, 7) is 9.80. The van der Waals surface area contributed by atoms with Gasteiger partial charge in [-0.3, -0.25) is 4.79 Å². The van der Waals surface area contributed by atoms with E-state index in [1.54, 1.807) is 11.3 Å². The molecule has 4 rings (SSSR count). The zero-order chi connectivity index (χ0) is 23.9. The molecule has 1 aliphatic heterocycles. The second kappa shape index (κ2) is 11.8. The Balaban J connectivity index is 1.44. The highest BCUT2D eigenvalue weighted by atomic mass is 32.1. The molecule has 3 aromatic rings. The van der Waals surface area contributed by atoms with Crippen molar-refractivity contribution in [2.75, 3.05) is 31.1 Å². The monoisotopic (exact) mass is 478 g/mol. The highest BCUT2D eigenvalue weighted by molar-refractivity contribution is 7.18. The van der Waals surface area contributed by atoms with Gasteiger partial charge < -0.3 is 9.80 Å². The number of fused-ring (bicyclic) bond motifs is 1. The van der Waals surface area contributed by atoms with Crippen LogP contribution in [0.3, 0.4) is 0 Å². The molecule has 0 unspecified atom stereocenters. The Hall–Kier alpha value is -2.47. The molecular formula is C28H38N4OS. The maximum atomic E-state index is 12.7. The molecule has 1 fully saturated rings. The number of nitrogens with zero attached hydrogens (tertiary/aromatic N) is 4. The van der Waals surface area contributed by atoms with Crippen molar-refractivity contribution in [1.82, 2.24) is 14.9 Å². The van der Waals surface area contributed by atoms with E-state index in [1.165, 1.54) is 47.1 Å². The predicted molar refractivity (Wildman–Crippen MR) is 143 cm³/mol. The van der Waals surface area contributed by atoms with Crippen molar-refractivity contribution >= 4 is 33.3 Å². The molecule has 0 aliphatic carbocycles. The third-order valence-corrected chi connectivity index (χ3v) is 8.06. The molecule has 3 heterocycles. The molecule has 182 valence electrons. The van der Waals surface area contributed by atoms with Crippen LogP contribution in [0.25, 0.3) is 10.2 Å². The van der Waals surface area contributed by atoms with Crippen LogP contribution in [-0.4, -0.2) is 47.0 Å². The summed E-state index contributed by atoms with van der Waals surface area (Å²) in [4.78, 5) is 29.5. The predicted octanol–water partition coefficient (Wildman–Crippen LogP) is 6.10. The lowest BCUT2D eigenvalue weighted by Gasteiger charge is -2.36. The van der Waals surface area contributed by atoms with Gasteiger partial charge in [-0.2, -0.15) is 0 Å². The lowest BCUT2D eigenvalue weighted by atomic mass is 10.1. The van der Waals surface area contributed by atoms with Crippen molar-refractivity contribution in [3.8, 4) is 0 Å². The van der Waals surface area contributed by atoms with Crippen LogP contribution in [0, 0.1) is 13.8 Å². The Bertz CT molecular complexity index is 1090. The third kappa shape index (κ3) is 5.96. The first-order valence-electron chi connectivity index (χ1n) is 12.9. The van der Waals surface area contributed by atoms with E-state index >= 15 is 0 Å². The molecule has 0 spiro atoms. The number of piperazine rings is 1. The van der Waals surface area contributed by atoms with Gasteiger partial charge in [0.2, 0.25) is 5.91 Å². The van der Waals surface area contributed by atoms with E-state index < -0.39 is 0 Å². The van der Waals surface area contributed by atoms with Crippen LogP contribution >= 0.6 is 11.3 Å². The van der Waals surface area contributed by atoms with Gasteiger partial charge in [-0.25, -0.2) is 9.97 Å². The Kier molecular flexibility index (Phi) is 8.54. The van der Waals surface area contributed by atoms with E-state index in [9.17, 15) is 4.79 Å². The van der Waals surface area contributed by atoms with Gasteiger partial charge in [0, 0.05) is 43.9 Å². The highest BCUT2D eigenvalue weighted by Crippen LogP contribution is 2.35. The minimum absolute atomic E-state index is 0.315. The normalized spacial score (nSPS) is 14.2.